The van der Waals surface area contributed by atoms with Crippen molar-refractivity contribution in [1.29, 1.82) is 0 Å². The Bertz CT molecular complexity index is 1850. The number of hydrogen-bond donors (Lipinski definition) is 0. The fourth-order valence-electron chi connectivity index (χ4n) is 7.26. The summed E-state index contributed by atoms with van der Waals surface area (Å²) in [6, 6.07) is 46.0. The molecule has 0 heterocycles. The monoisotopic (exact) mass is 610 g/mol. The highest BCUT2D eigenvalue weighted by atomic mass is 35.5. The van der Waals surface area contributed by atoms with E-state index in [0.717, 1.165) is 78.3 Å². The van der Waals surface area contributed by atoms with E-state index < -0.39 is 9.75 Å². The highest BCUT2D eigenvalue weighted by Gasteiger charge is 2.46. The Kier molecular flexibility index (Phi) is 6.17. The molecule has 0 saturated heterocycles. The van der Waals surface area contributed by atoms with Gasteiger partial charge >= 0.3 is 0 Å². The number of benzene rings is 6. The van der Waals surface area contributed by atoms with Crippen molar-refractivity contribution in [2.75, 3.05) is 14.2 Å². The van der Waals surface area contributed by atoms with Crippen LogP contribution < -0.4 is 9.47 Å². The van der Waals surface area contributed by atoms with Crippen LogP contribution in [0.15, 0.2) is 133 Å². The summed E-state index contributed by atoms with van der Waals surface area (Å²) in [5.41, 5.74) is 12.6. The summed E-state index contributed by atoms with van der Waals surface area (Å²) in [6.07, 6.45) is 0. The van der Waals surface area contributed by atoms with Crippen LogP contribution in [0, 0.1) is 0 Å². The van der Waals surface area contributed by atoms with Crippen LogP contribution in [0.5, 0.6) is 11.5 Å². The van der Waals surface area contributed by atoms with Gasteiger partial charge in [0.25, 0.3) is 0 Å². The van der Waals surface area contributed by atoms with Gasteiger partial charge in [-0.25, -0.2) is 0 Å². The van der Waals surface area contributed by atoms with E-state index in [9.17, 15) is 0 Å². The first-order chi connectivity index (χ1) is 21.5. The third-order valence-corrected chi connectivity index (χ3v) is 10.5. The molecule has 6 aromatic rings. The molecule has 214 valence electrons. The summed E-state index contributed by atoms with van der Waals surface area (Å²) in [4.78, 5) is -1.83. The molecule has 4 heteroatoms. The lowest BCUT2D eigenvalue weighted by Crippen LogP contribution is -2.21. The summed E-state index contributed by atoms with van der Waals surface area (Å²) in [5.74, 6) is 1.47. The quantitative estimate of drug-likeness (QED) is 0.181. The van der Waals surface area contributed by atoms with Crippen molar-refractivity contribution >= 4 is 23.2 Å². The van der Waals surface area contributed by atoms with Crippen LogP contribution in [-0.4, -0.2) is 14.2 Å². The van der Waals surface area contributed by atoms with E-state index in [1.807, 2.05) is 36.4 Å². The van der Waals surface area contributed by atoms with Crippen molar-refractivity contribution in [2.45, 2.75) is 9.75 Å². The van der Waals surface area contributed by atoms with Crippen LogP contribution in [0.1, 0.15) is 33.4 Å². The average molecular weight is 612 g/mol. The lowest BCUT2D eigenvalue weighted by atomic mass is 9.84. The molecule has 0 unspecified atom stereocenters. The van der Waals surface area contributed by atoms with Crippen LogP contribution >= 0.6 is 23.2 Å². The Morgan fingerprint density at radius 1 is 0.386 bits per heavy atom. The summed E-state index contributed by atoms with van der Waals surface area (Å²) in [5, 5.41) is 0. The zero-order valence-electron chi connectivity index (χ0n) is 24.3. The summed E-state index contributed by atoms with van der Waals surface area (Å²) in [7, 11) is 3.40. The minimum Gasteiger partial charge on any atom is -0.496 e. The Morgan fingerprint density at radius 2 is 0.682 bits per heavy atom. The molecule has 0 aromatic heterocycles. The smallest absolute Gasteiger partial charge is 0.124 e. The van der Waals surface area contributed by atoms with Gasteiger partial charge in [-0.1, -0.05) is 109 Å². The second kappa shape index (κ2) is 10.0. The number of methoxy groups -OCH3 is 2. The second-order valence-corrected chi connectivity index (χ2v) is 12.5. The van der Waals surface area contributed by atoms with Crippen molar-refractivity contribution in [3.63, 3.8) is 0 Å². The maximum absolute atomic E-state index is 7.80. The van der Waals surface area contributed by atoms with Gasteiger partial charge in [0.05, 0.1) is 14.2 Å². The lowest BCUT2D eigenvalue weighted by molar-refractivity contribution is 0.407. The normalized spacial score (nSPS) is 14.7. The number of halogens is 2. The van der Waals surface area contributed by atoms with Gasteiger partial charge in [-0.3, -0.25) is 0 Å². The Morgan fingerprint density at radius 3 is 0.977 bits per heavy atom. The molecular weight excluding hydrogens is 583 g/mol. The van der Waals surface area contributed by atoms with E-state index in [4.69, 9.17) is 32.7 Å². The molecule has 0 bridgehead atoms. The van der Waals surface area contributed by atoms with Crippen molar-refractivity contribution in [2.24, 2.45) is 0 Å². The standard InChI is InChI=1S/C40H28Cl2O2/c1-43-37-21-19-25(23-35(37)39(41)31-15-7-3-11-27(31)28-12-4-8-16-32(28)39)26-20-22-38(44-2)36(24-26)40(42)33-17-9-5-13-29(33)30-14-6-10-18-34(30)40/h3-24H,1-2H3. The lowest BCUT2D eigenvalue weighted by Gasteiger charge is -2.29. The van der Waals surface area contributed by atoms with Gasteiger partial charge in [0.2, 0.25) is 0 Å². The number of rotatable bonds is 5. The molecule has 0 atom stereocenters. The molecule has 0 amide bonds. The first kappa shape index (κ1) is 27.1. The van der Waals surface area contributed by atoms with Crippen molar-refractivity contribution in [3.8, 4) is 44.9 Å². The SMILES string of the molecule is COc1ccc(-c2ccc(OC)c(C3(Cl)c4ccccc4-c4ccccc43)c2)cc1C1(Cl)c2ccccc2-c2ccccc21. The third-order valence-electron chi connectivity index (χ3n) is 9.25. The molecule has 0 saturated carbocycles. The molecule has 8 rings (SSSR count). The molecule has 2 aliphatic rings. The maximum Gasteiger partial charge on any atom is 0.124 e. The minimum atomic E-state index is -0.916. The van der Waals surface area contributed by atoms with Gasteiger partial charge in [-0.2, -0.15) is 0 Å². The zero-order chi connectivity index (χ0) is 30.1. The van der Waals surface area contributed by atoms with Crippen molar-refractivity contribution in [1.82, 2.24) is 0 Å². The van der Waals surface area contributed by atoms with E-state index in [1.54, 1.807) is 14.2 Å². The highest BCUT2D eigenvalue weighted by Crippen LogP contribution is 2.59. The van der Waals surface area contributed by atoms with Gasteiger partial charge in [-0.05, 0) is 79.9 Å². The summed E-state index contributed by atoms with van der Waals surface area (Å²) >= 11 is 15.6. The fourth-order valence-corrected chi connectivity index (χ4v) is 8.21. The summed E-state index contributed by atoms with van der Waals surface area (Å²) in [6.45, 7) is 0. The van der Waals surface area contributed by atoms with Crippen LogP contribution in [0.25, 0.3) is 33.4 Å². The predicted molar refractivity (Wildman–Crippen MR) is 180 cm³/mol. The molecular formula is C40H28Cl2O2. The first-order valence-electron chi connectivity index (χ1n) is 14.6. The van der Waals surface area contributed by atoms with Crippen LogP contribution in [0.3, 0.4) is 0 Å². The molecule has 0 aliphatic heterocycles. The largest absolute Gasteiger partial charge is 0.496 e. The Hall–Kier alpha value is -4.50. The van der Waals surface area contributed by atoms with Crippen molar-refractivity contribution < 1.29 is 9.47 Å². The van der Waals surface area contributed by atoms with Gasteiger partial charge in [-0.15, -0.1) is 23.2 Å². The van der Waals surface area contributed by atoms with E-state index >= 15 is 0 Å². The first-order valence-corrected chi connectivity index (χ1v) is 15.4. The fraction of sp³-hybridized carbons (Fsp3) is 0.100. The van der Waals surface area contributed by atoms with E-state index in [1.165, 1.54) is 0 Å². The van der Waals surface area contributed by atoms with Gasteiger partial charge in [0.1, 0.15) is 21.2 Å². The summed E-state index contributed by atoms with van der Waals surface area (Å²) < 4.78 is 11.9. The van der Waals surface area contributed by atoms with E-state index in [2.05, 4.69) is 97.1 Å². The molecule has 2 nitrogen and oxygen atoms in total. The number of alkyl halides is 2. The van der Waals surface area contributed by atoms with Gasteiger partial charge < -0.3 is 9.47 Å². The molecule has 44 heavy (non-hydrogen) atoms. The molecule has 0 spiro atoms. The van der Waals surface area contributed by atoms with E-state index in [0.29, 0.717) is 0 Å². The topological polar surface area (TPSA) is 18.5 Å². The zero-order valence-corrected chi connectivity index (χ0v) is 25.8. The molecule has 0 fully saturated rings. The number of fused-ring (bicyclic) bond motifs is 6. The van der Waals surface area contributed by atoms with Crippen LogP contribution in [0.4, 0.5) is 0 Å². The number of ether oxygens (including phenoxy) is 2. The van der Waals surface area contributed by atoms with Crippen LogP contribution in [0.2, 0.25) is 0 Å². The molecule has 2 aliphatic carbocycles. The Labute approximate surface area is 267 Å². The highest BCUT2D eigenvalue weighted by molar-refractivity contribution is 6.31. The van der Waals surface area contributed by atoms with Crippen LogP contribution in [-0.2, 0) is 9.75 Å². The molecule has 0 radical (unpaired) electrons. The minimum absolute atomic E-state index is 0.733. The second-order valence-electron chi connectivity index (χ2n) is 11.3. The molecule has 0 N–H and O–H groups in total. The number of hydrogen-bond acceptors (Lipinski definition) is 2. The Balaban J connectivity index is 1.34. The van der Waals surface area contributed by atoms with Crippen molar-refractivity contribution in [3.05, 3.63) is 167 Å². The van der Waals surface area contributed by atoms with E-state index in [-0.39, 0.29) is 0 Å². The maximum atomic E-state index is 7.80. The third kappa shape index (κ3) is 3.62. The van der Waals surface area contributed by atoms with Gasteiger partial charge in [0, 0.05) is 11.1 Å². The average Bonchev–Trinajstić information content (AvgIpc) is 3.51. The predicted octanol–water partition coefficient (Wildman–Crippen LogP) is 10.4. The molecule has 6 aromatic carbocycles. The van der Waals surface area contributed by atoms with Gasteiger partial charge in [0.15, 0.2) is 0 Å².